The summed E-state index contributed by atoms with van der Waals surface area (Å²) in [7, 11) is 0. The molecule has 2 saturated heterocycles. The van der Waals surface area contributed by atoms with Gasteiger partial charge in [-0.3, -0.25) is 19.4 Å². The molecular formula is C23H35ClN4O2. The molecule has 2 fully saturated rings. The van der Waals surface area contributed by atoms with Gasteiger partial charge in [0.1, 0.15) is 0 Å². The molecule has 0 radical (unpaired) electrons. The molecule has 2 heterocycles. The quantitative estimate of drug-likeness (QED) is 0.690. The van der Waals surface area contributed by atoms with Crippen LogP contribution in [0.15, 0.2) is 18.2 Å². The zero-order valence-electron chi connectivity index (χ0n) is 18.6. The van der Waals surface area contributed by atoms with Crippen LogP contribution < -0.4 is 0 Å². The fraction of sp³-hybridized carbons (Fsp3) is 0.652. The molecule has 2 aliphatic rings. The Bertz CT molecular complexity index is 737. The zero-order chi connectivity index (χ0) is 21.7. The minimum Gasteiger partial charge on any atom is -0.339 e. The van der Waals surface area contributed by atoms with Gasteiger partial charge in [-0.1, -0.05) is 25.4 Å². The molecule has 166 valence electrons. The fourth-order valence-electron chi connectivity index (χ4n) is 4.50. The third-order valence-corrected chi connectivity index (χ3v) is 6.97. The summed E-state index contributed by atoms with van der Waals surface area (Å²) in [5.74, 6) is 0.255. The number of carbonyl (C=O) groups is 2. The van der Waals surface area contributed by atoms with Gasteiger partial charge in [0.25, 0.3) is 5.91 Å². The molecule has 2 aliphatic heterocycles. The van der Waals surface area contributed by atoms with Crippen molar-refractivity contribution in [3.8, 4) is 0 Å². The van der Waals surface area contributed by atoms with E-state index in [-0.39, 0.29) is 11.8 Å². The van der Waals surface area contributed by atoms with E-state index in [1.165, 1.54) is 12.8 Å². The number of rotatable bonds is 6. The highest BCUT2D eigenvalue weighted by atomic mass is 35.5. The van der Waals surface area contributed by atoms with Gasteiger partial charge in [0, 0.05) is 69.0 Å². The van der Waals surface area contributed by atoms with E-state index in [0.717, 1.165) is 44.8 Å². The van der Waals surface area contributed by atoms with E-state index in [9.17, 15) is 9.59 Å². The van der Waals surface area contributed by atoms with Gasteiger partial charge in [-0.05, 0) is 43.5 Å². The predicted molar refractivity (Wildman–Crippen MR) is 121 cm³/mol. The number of nitrogens with zero attached hydrogens (tertiary/aromatic N) is 4. The number of piperazine rings is 2. The molecule has 1 aromatic rings. The lowest BCUT2D eigenvalue weighted by atomic mass is 10.1. The number of hydrogen-bond acceptors (Lipinski definition) is 4. The van der Waals surface area contributed by atoms with Crippen LogP contribution in [0.2, 0.25) is 5.02 Å². The second-order valence-corrected chi connectivity index (χ2v) is 8.83. The summed E-state index contributed by atoms with van der Waals surface area (Å²) in [4.78, 5) is 34.1. The van der Waals surface area contributed by atoms with Crippen molar-refractivity contribution < 1.29 is 9.59 Å². The standard InChI is InChI=1S/C23H35ClN4O2/c1-4-20(5-2)26-12-14-27(15-13-26)22(29)17-25-8-10-28(11-9-25)23(30)19-6-7-21(24)18(3)16-19/h6-7,16,20H,4-5,8-15,17H2,1-3H3. The van der Waals surface area contributed by atoms with E-state index < -0.39 is 0 Å². The third-order valence-electron chi connectivity index (χ3n) is 6.55. The molecule has 6 nitrogen and oxygen atoms in total. The molecule has 1 aromatic carbocycles. The number of halogens is 1. The van der Waals surface area contributed by atoms with E-state index in [2.05, 4.69) is 23.6 Å². The summed E-state index contributed by atoms with van der Waals surface area (Å²) in [6.45, 7) is 13.2. The first kappa shape index (κ1) is 23.0. The lowest BCUT2D eigenvalue weighted by Gasteiger charge is -2.40. The van der Waals surface area contributed by atoms with Gasteiger partial charge in [-0.25, -0.2) is 0 Å². The van der Waals surface area contributed by atoms with Gasteiger partial charge in [0.2, 0.25) is 5.91 Å². The first-order valence-electron chi connectivity index (χ1n) is 11.2. The third kappa shape index (κ3) is 5.54. The molecule has 0 spiro atoms. The molecule has 0 atom stereocenters. The monoisotopic (exact) mass is 434 g/mol. The van der Waals surface area contributed by atoms with E-state index >= 15 is 0 Å². The Morgan fingerprint density at radius 1 is 0.933 bits per heavy atom. The molecule has 0 aliphatic carbocycles. The number of hydrogen-bond donors (Lipinski definition) is 0. The lowest BCUT2D eigenvalue weighted by molar-refractivity contribution is -0.134. The number of benzene rings is 1. The molecule has 0 saturated carbocycles. The van der Waals surface area contributed by atoms with Crippen LogP contribution in [0.1, 0.15) is 42.6 Å². The van der Waals surface area contributed by atoms with Crippen molar-refractivity contribution in [1.29, 1.82) is 0 Å². The molecule has 2 amide bonds. The predicted octanol–water partition coefficient (Wildman–Crippen LogP) is 2.74. The summed E-state index contributed by atoms with van der Waals surface area (Å²) in [5.41, 5.74) is 1.59. The number of amides is 2. The largest absolute Gasteiger partial charge is 0.339 e. The van der Waals surface area contributed by atoms with Crippen LogP contribution in [0.4, 0.5) is 0 Å². The van der Waals surface area contributed by atoms with E-state index in [1.54, 1.807) is 12.1 Å². The molecule has 7 heteroatoms. The zero-order valence-corrected chi connectivity index (χ0v) is 19.3. The van der Waals surface area contributed by atoms with Crippen molar-refractivity contribution in [2.45, 2.75) is 39.7 Å². The van der Waals surface area contributed by atoms with Gasteiger partial charge in [-0.2, -0.15) is 0 Å². The Morgan fingerprint density at radius 3 is 2.10 bits per heavy atom. The minimum atomic E-state index is 0.0401. The van der Waals surface area contributed by atoms with Crippen LogP contribution in [0.3, 0.4) is 0 Å². The summed E-state index contributed by atoms with van der Waals surface area (Å²) in [6.07, 6.45) is 2.34. The highest BCUT2D eigenvalue weighted by molar-refractivity contribution is 6.31. The molecular weight excluding hydrogens is 400 g/mol. The highest BCUT2D eigenvalue weighted by Gasteiger charge is 2.28. The Morgan fingerprint density at radius 2 is 1.53 bits per heavy atom. The molecule has 0 unspecified atom stereocenters. The topological polar surface area (TPSA) is 47.1 Å². The SMILES string of the molecule is CCC(CC)N1CCN(C(=O)CN2CCN(C(=O)c3ccc(Cl)c(C)c3)CC2)CC1. The van der Waals surface area contributed by atoms with Crippen LogP contribution in [-0.4, -0.2) is 96.4 Å². The summed E-state index contributed by atoms with van der Waals surface area (Å²) >= 11 is 6.07. The molecule has 3 rings (SSSR count). The average molecular weight is 435 g/mol. The second-order valence-electron chi connectivity index (χ2n) is 8.42. The van der Waals surface area contributed by atoms with Crippen molar-refractivity contribution >= 4 is 23.4 Å². The van der Waals surface area contributed by atoms with E-state index in [1.807, 2.05) is 22.8 Å². The Balaban J connectivity index is 1.44. The maximum absolute atomic E-state index is 12.8. The molecule has 30 heavy (non-hydrogen) atoms. The number of carbonyl (C=O) groups excluding carboxylic acids is 2. The normalized spacial score (nSPS) is 18.8. The molecule has 0 bridgehead atoms. The van der Waals surface area contributed by atoms with Crippen molar-refractivity contribution in [1.82, 2.24) is 19.6 Å². The molecule has 0 N–H and O–H groups in total. The van der Waals surface area contributed by atoms with Gasteiger partial charge < -0.3 is 9.80 Å². The first-order valence-corrected chi connectivity index (χ1v) is 11.6. The van der Waals surface area contributed by atoms with Crippen molar-refractivity contribution in [2.75, 3.05) is 58.9 Å². The average Bonchev–Trinajstić information content (AvgIpc) is 2.77. The van der Waals surface area contributed by atoms with Crippen LogP contribution in [0, 0.1) is 6.92 Å². The fourth-order valence-corrected chi connectivity index (χ4v) is 4.62. The van der Waals surface area contributed by atoms with Gasteiger partial charge in [-0.15, -0.1) is 0 Å². The summed E-state index contributed by atoms with van der Waals surface area (Å²) in [5, 5.41) is 0.677. The first-order chi connectivity index (χ1) is 14.4. The minimum absolute atomic E-state index is 0.0401. The van der Waals surface area contributed by atoms with E-state index in [0.29, 0.717) is 36.3 Å². The molecule has 0 aromatic heterocycles. The maximum Gasteiger partial charge on any atom is 0.253 e. The van der Waals surface area contributed by atoms with Crippen LogP contribution in [0.25, 0.3) is 0 Å². The van der Waals surface area contributed by atoms with Crippen LogP contribution in [-0.2, 0) is 4.79 Å². The van der Waals surface area contributed by atoms with Gasteiger partial charge in [0.05, 0.1) is 6.54 Å². The van der Waals surface area contributed by atoms with Crippen LogP contribution >= 0.6 is 11.6 Å². The van der Waals surface area contributed by atoms with Crippen molar-refractivity contribution in [3.63, 3.8) is 0 Å². The summed E-state index contributed by atoms with van der Waals surface area (Å²) in [6, 6.07) is 6.05. The second kappa shape index (κ2) is 10.6. The summed E-state index contributed by atoms with van der Waals surface area (Å²) < 4.78 is 0. The Kier molecular flexibility index (Phi) is 8.14. The van der Waals surface area contributed by atoms with Gasteiger partial charge in [0.15, 0.2) is 0 Å². The maximum atomic E-state index is 12.8. The van der Waals surface area contributed by atoms with Crippen molar-refractivity contribution in [3.05, 3.63) is 34.3 Å². The number of aryl methyl sites for hydroxylation is 1. The van der Waals surface area contributed by atoms with Gasteiger partial charge >= 0.3 is 0 Å². The smallest absolute Gasteiger partial charge is 0.253 e. The highest BCUT2D eigenvalue weighted by Crippen LogP contribution is 2.18. The Hall–Kier alpha value is -1.63. The van der Waals surface area contributed by atoms with Crippen LogP contribution in [0.5, 0.6) is 0 Å². The Labute approximate surface area is 185 Å². The van der Waals surface area contributed by atoms with Crippen molar-refractivity contribution in [2.24, 2.45) is 0 Å². The lowest BCUT2D eigenvalue weighted by Crippen LogP contribution is -2.55. The van der Waals surface area contributed by atoms with E-state index in [4.69, 9.17) is 11.6 Å².